The molecule has 3 rings (SSSR count). The van der Waals surface area contributed by atoms with Gasteiger partial charge in [-0.2, -0.15) is 0 Å². The zero-order valence-corrected chi connectivity index (χ0v) is 11.9. The summed E-state index contributed by atoms with van der Waals surface area (Å²) in [6.07, 6.45) is 2.44. The Labute approximate surface area is 130 Å². The van der Waals surface area contributed by atoms with E-state index in [0.29, 0.717) is 0 Å². The Morgan fingerprint density at radius 1 is 1.22 bits per heavy atom. The Kier molecular flexibility index (Phi) is 4.13. The fourth-order valence-corrected chi connectivity index (χ4v) is 2.43. The van der Waals surface area contributed by atoms with Gasteiger partial charge in [-0.05, 0) is 12.1 Å². The Morgan fingerprint density at radius 2 is 1.91 bits per heavy atom. The summed E-state index contributed by atoms with van der Waals surface area (Å²) in [4.78, 5) is 19.7. The lowest BCUT2D eigenvalue weighted by Gasteiger charge is -2.13. The second-order valence-corrected chi connectivity index (χ2v) is 5.03. The van der Waals surface area contributed by atoms with Gasteiger partial charge in [-0.25, -0.2) is 29.6 Å². The first-order valence-corrected chi connectivity index (χ1v) is 6.88. The van der Waals surface area contributed by atoms with E-state index in [9.17, 15) is 13.6 Å². The molecule has 2 aromatic rings. The highest BCUT2D eigenvalue weighted by atomic mass is 19.1. The van der Waals surface area contributed by atoms with Crippen molar-refractivity contribution in [2.75, 3.05) is 5.73 Å². The van der Waals surface area contributed by atoms with Crippen molar-refractivity contribution in [3.63, 3.8) is 0 Å². The number of carbonyl (C=O) groups excluding carboxylic acids is 1. The van der Waals surface area contributed by atoms with Crippen LogP contribution in [0.2, 0.25) is 0 Å². The average Bonchev–Trinajstić information content (AvgIpc) is 2.95. The summed E-state index contributed by atoms with van der Waals surface area (Å²) in [5, 5.41) is 2.63. The van der Waals surface area contributed by atoms with Crippen LogP contribution in [0.5, 0.6) is 0 Å². The number of rotatable bonds is 3. The lowest BCUT2D eigenvalue weighted by atomic mass is 10.0. The highest BCUT2D eigenvalue weighted by molar-refractivity contribution is 5.96. The van der Waals surface area contributed by atoms with Crippen LogP contribution in [0.1, 0.15) is 28.5 Å². The number of nitrogen functional groups attached to an aromatic ring is 1. The number of benzene rings is 1. The summed E-state index contributed by atoms with van der Waals surface area (Å²) in [7, 11) is 0. The third-order valence-corrected chi connectivity index (χ3v) is 3.50. The van der Waals surface area contributed by atoms with E-state index in [-0.39, 0.29) is 23.5 Å². The summed E-state index contributed by atoms with van der Waals surface area (Å²) >= 11 is 0. The second-order valence-electron chi connectivity index (χ2n) is 5.03. The Morgan fingerprint density at radius 3 is 2.61 bits per heavy atom. The molecule has 120 valence electrons. The maximum Gasteiger partial charge on any atom is 0.274 e. The van der Waals surface area contributed by atoms with Gasteiger partial charge in [0.05, 0.1) is 12.2 Å². The van der Waals surface area contributed by atoms with Crippen molar-refractivity contribution < 1.29 is 13.6 Å². The molecule has 1 saturated heterocycles. The van der Waals surface area contributed by atoms with Crippen LogP contribution in [0.4, 0.5) is 14.6 Å². The number of hydrogen-bond acceptors (Lipinski definition) is 6. The number of hydrogen-bond donors (Lipinski definition) is 4. The monoisotopic (exact) mass is 320 g/mol. The van der Waals surface area contributed by atoms with E-state index in [1.54, 1.807) is 0 Å². The van der Waals surface area contributed by atoms with Crippen LogP contribution in [0.3, 0.4) is 0 Å². The maximum atomic E-state index is 13.8. The molecule has 0 spiro atoms. The molecule has 5 N–H and O–H groups in total. The van der Waals surface area contributed by atoms with Crippen LogP contribution in [0.15, 0.2) is 30.6 Å². The molecule has 0 saturated carbocycles. The van der Waals surface area contributed by atoms with Gasteiger partial charge in [0.1, 0.15) is 11.6 Å². The second kappa shape index (κ2) is 6.23. The number of anilines is 1. The fraction of sp³-hybridized carbons (Fsp3) is 0.214. The van der Waals surface area contributed by atoms with E-state index in [1.807, 2.05) is 0 Å². The molecular formula is C14H14F2N6O. The Balaban J connectivity index is 1.69. The lowest BCUT2D eigenvalue weighted by molar-refractivity contribution is 0.0928. The van der Waals surface area contributed by atoms with Crippen LogP contribution in [0, 0.1) is 11.6 Å². The van der Waals surface area contributed by atoms with Crippen molar-refractivity contribution in [2.45, 2.75) is 18.6 Å². The number of carbonyl (C=O) groups is 1. The highest BCUT2D eigenvalue weighted by Crippen LogP contribution is 2.26. The van der Waals surface area contributed by atoms with E-state index < -0.39 is 29.7 Å². The van der Waals surface area contributed by atoms with Crippen LogP contribution < -0.4 is 21.9 Å². The molecule has 1 aliphatic rings. The van der Waals surface area contributed by atoms with Gasteiger partial charge in [0.25, 0.3) is 5.91 Å². The predicted octanol–water partition coefficient (Wildman–Crippen LogP) is 0.632. The van der Waals surface area contributed by atoms with Gasteiger partial charge in [-0.15, -0.1) is 0 Å². The minimum atomic E-state index is -0.644. The molecule has 1 aromatic carbocycles. The first-order valence-electron chi connectivity index (χ1n) is 6.88. The van der Waals surface area contributed by atoms with Gasteiger partial charge < -0.3 is 11.1 Å². The number of nitrogens with two attached hydrogens (primary N) is 1. The Hall–Kier alpha value is -2.65. The molecule has 2 atom stereocenters. The molecule has 0 radical (unpaired) electrons. The van der Waals surface area contributed by atoms with E-state index in [0.717, 1.165) is 0 Å². The van der Waals surface area contributed by atoms with Gasteiger partial charge in [-0.1, -0.05) is 6.07 Å². The fourth-order valence-electron chi connectivity index (χ4n) is 2.43. The molecule has 1 amide bonds. The van der Waals surface area contributed by atoms with Crippen molar-refractivity contribution in [1.82, 2.24) is 26.1 Å². The normalized spacial score (nSPS) is 20.4. The summed E-state index contributed by atoms with van der Waals surface area (Å²) in [5.74, 6) is -1.80. The summed E-state index contributed by atoms with van der Waals surface area (Å²) in [6, 6.07) is 3.06. The minimum absolute atomic E-state index is 0.00479. The zero-order chi connectivity index (χ0) is 16.4. The molecule has 0 aliphatic carbocycles. The van der Waals surface area contributed by atoms with Crippen molar-refractivity contribution in [1.29, 1.82) is 0 Å². The molecule has 1 aromatic heterocycles. The molecule has 2 heterocycles. The number of halogens is 2. The van der Waals surface area contributed by atoms with Gasteiger partial charge in [-0.3, -0.25) is 4.79 Å². The lowest BCUT2D eigenvalue weighted by Crippen LogP contribution is -2.44. The minimum Gasteiger partial charge on any atom is -0.382 e. The SMILES string of the molecule is Nc1nccnc1C(=O)NC1CC(c2c(F)cccc2F)NN1. The van der Waals surface area contributed by atoms with Gasteiger partial charge in [0.2, 0.25) is 0 Å². The standard InChI is InChI=1S/C14H14F2N6O/c15-7-2-1-3-8(16)11(7)9-6-10(22-21-9)20-14(23)12-13(17)19-5-4-18-12/h1-5,9-10,21-22H,6H2,(H2,17,19)(H,20,23). The van der Waals surface area contributed by atoms with Crippen LogP contribution >= 0.6 is 0 Å². The molecular weight excluding hydrogens is 306 g/mol. The molecule has 1 aliphatic heterocycles. The third-order valence-electron chi connectivity index (χ3n) is 3.50. The number of nitrogens with zero attached hydrogens (tertiary/aromatic N) is 2. The summed E-state index contributed by atoms with van der Waals surface area (Å²) in [6.45, 7) is 0. The molecule has 23 heavy (non-hydrogen) atoms. The van der Waals surface area contributed by atoms with Crippen LogP contribution in [-0.4, -0.2) is 22.0 Å². The quantitative estimate of drug-likeness (QED) is 0.661. The summed E-state index contributed by atoms with van der Waals surface area (Å²) < 4.78 is 27.6. The molecule has 9 heteroatoms. The largest absolute Gasteiger partial charge is 0.382 e. The number of nitrogens with one attached hydrogen (secondary N) is 3. The number of aromatic nitrogens is 2. The van der Waals surface area contributed by atoms with Crippen molar-refractivity contribution in [2.24, 2.45) is 0 Å². The molecule has 7 nitrogen and oxygen atoms in total. The van der Waals surface area contributed by atoms with Gasteiger partial charge >= 0.3 is 0 Å². The van der Waals surface area contributed by atoms with E-state index >= 15 is 0 Å². The van der Waals surface area contributed by atoms with Gasteiger partial charge in [0, 0.05) is 24.4 Å². The van der Waals surface area contributed by atoms with E-state index in [2.05, 4.69) is 26.1 Å². The molecule has 2 unspecified atom stereocenters. The van der Waals surface area contributed by atoms with Crippen molar-refractivity contribution in [3.05, 3.63) is 53.5 Å². The third kappa shape index (κ3) is 3.10. The van der Waals surface area contributed by atoms with Crippen LogP contribution in [-0.2, 0) is 0 Å². The van der Waals surface area contributed by atoms with Gasteiger partial charge in [0.15, 0.2) is 11.5 Å². The first kappa shape index (κ1) is 15.3. The summed E-state index contributed by atoms with van der Waals surface area (Å²) in [5.41, 5.74) is 11.0. The zero-order valence-electron chi connectivity index (χ0n) is 11.9. The van der Waals surface area contributed by atoms with Crippen molar-refractivity contribution >= 4 is 11.7 Å². The number of amides is 1. The Bertz CT molecular complexity index is 721. The molecule has 0 bridgehead atoms. The predicted molar refractivity (Wildman–Crippen MR) is 77.7 cm³/mol. The molecule has 1 fully saturated rings. The first-order chi connectivity index (χ1) is 11.1. The smallest absolute Gasteiger partial charge is 0.274 e. The maximum absolute atomic E-state index is 13.8. The topological polar surface area (TPSA) is 105 Å². The number of hydrazine groups is 1. The highest BCUT2D eigenvalue weighted by Gasteiger charge is 2.30. The van der Waals surface area contributed by atoms with E-state index in [1.165, 1.54) is 30.6 Å². The van der Waals surface area contributed by atoms with E-state index in [4.69, 9.17) is 5.73 Å². The average molecular weight is 320 g/mol. The van der Waals surface area contributed by atoms with Crippen molar-refractivity contribution in [3.8, 4) is 0 Å². The van der Waals surface area contributed by atoms with Crippen LogP contribution in [0.25, 0.3) is 0 Å².